The molecule has 1 atom stereocenters. The Labute approximate surface area is 133 Å². The van der Waals surface area contributed by atoms with Crippen molar-refractivity contribution in [1.82, 2.24) is 0 Å². The van der Waals surface area contributed by atoms with E-state index in [0.29, 0.717) is 0 Å². The summed E-state index contributed by atoms with van der Waals surface area (Å²) in [6.07, 6.45) is 15.7. The summed E-state index contributed by atoms with van der Waals surface area (Å²) in [5.74, 6) is 5.79. The molecule has 1 heteroatoms. The summed E-state index contributed by atoms with van der Waals surface area (Å²) < 4.78 is 0. The standard InChI is InChI=1S/C20H36O/c1-6-8-9-10-11-12-13-14-15-16-18-19(3,4)20(5,21)17-7-2/h11-12,21H,6,8-10,13-16,18H2,1-5H3. The van der Waals surface area contributed by atoms with Crippen molar-refractivity contribution in [3.8, 4) is 11.8 Å². The van der Waals surface area contributed by atoms with Crippen molar-refractivity contribution in [1.29, 1.82) is 0 Å². The number of allylic oxidation sites excluding steroid dienone is 2. The smallest absolute Gasteiger partial charge is 0.127 e. The molecule has 0 aromatic heterocycles. The maximum Gasteiger partial charge on any atom is 0.127 e. The van der Waals surface area contributed by atoms with Crippen molar-refractivity contribution in [2.75, 3.05) is 0 Å². The Morgan fingerprint density at radius 1 is 0.905 bits per heavy atom. The van der Waals surface area contributed by atoms with Gasteiger partial charge in [0.15, 0.2) is 0 Å². The lowest BCUT2D eigenvalue weighted by molar-refractivity contribution is -0.00574. The van der Waals surface area contributed by atoms with Gasteiger partial charge in [-0.05, 0) is 46.0 Å². The van der Waals surface area contributed by atoms with Crippen LogP contribution in [-0.2, 0) is 0 Å². The van der Waals surface area contributed by atoms with E-state index in [9.17, 15) is 5.11 Å². The number of aliphatic hydroxyl groups is 1. The Balaban J connectivity index is 3.77. The van der Waals surface area contributed by atoms with Crippen molar-refractivity contribution in [2.24, 2.45) is 5.41 Å². The van der Waals surface area contributed by atoms with Gasteiger partial charge in [0.25, 0.3) is 0 Å². The first kappa shape index (κ1) is 20.3. The minimum atomic E-state index is -0.888. The lowest BCUT2D eigenvalue weighted by Gasteiger charge is -2.36. The maximum atomic E-state index is 10.4. The monoisotopic (exact) mass is 292 g/mol. The molecule has 122 valence electrons. The lowest BCUT2D eigenvalue weighted by atomic mass is 9.73. The van der Waals surface area contributed by atoms with E-state index >= 15 is 0 Å². The zero-order valence-electron chi connectivity index (χ0n) is 15.0. The molecule has 0 saturated carbocycles. The molecule has 0 aliphatic heterocycles. The highest BCUT2D eigenvalue weighted by molar-refractivity contribution is 5.15. The third kappa shape index (κ3) is 8.99. The van der Waals surface area contributed by atoms with Gasteiger partial charge in [0.2, 0.25) is 0 Å². The molecule has 0 aliphatic rings. The van der Waals surface area contributed by atoms with E-state index in [2.05, 4.69) is 44.8 Å². The van der Waals surface area contributed by atoms with E-state index in [1.54, 1.807) is 6.92 Å². The second-order valence-corrected chi connectivity index (χ2v) is 6.90. The molecule has 0 amide bonds. The molecule has 1 nitrogen and oxygen atoms in total. The van der Waals surface area contributed by atoms with Crippen molar-refractivity contribution >= 4 is 0 Å². The minimum absolute atomic E-state index is 0.147. The molecular weight excluding hydrogens is 256 g/mol. The molecule has 0 aromatic rings. The topological polar surface area (TPSA) is 20.2 Å². The van der Waals surface area contributed by atoms with Gasteiger partial charge < -0.3 is 5.11 Å². The predicted octanol–water partition coefficient (Wildman–Crippen LogP) is 5.87. The molecular formula is C20H36O. The third-order valence-corrected chi connectivity index (χ3v) is 4.50. The van der Waals surface area contributed by atoms with Crippen molar-refractivity contribution in [3.05, 3.63) is 12.2 Å². The van der Waals surface area contributed by atoms with Gasteiger partial charge in [0.1, 0.15) is 5.60 Å². The molecule has 0 spiro atoms. The zero-order chi connectivity index (χ0) is 16.2. The number of hydrogen-bond acceptors (Lipinski definition) is 1. The second kappa shape index (κ2) is 10.9. The highest BCUT2D eigenvalue weighted by atomic mass is 16.3. The first-order valence-electron chi connectivity index (χ1n) is 8.68. The van der Waals surface area contributed by atoms with Gasteiger partial charge >= 0.3 is 0 Å². The molecule has 0 saturated heterocycles. The van der Waals surface area contributed by atoms with Crippen LogP contribution in [0.15, 0.2) is 12.2 Å². The summed E-state index contributed by atoms with van der Waals surface area (Å²) in [7, 11) is 0. The van der Waals surface area contributed by atoms with Crippen LogP contribution in [0.25, 0.3) is 0 Å². The third-order valence-electron chi connectivity index (χ3n) is 4.50. The van der Waals surface area contributed by atoms with Crippen LogP contribution in [0.5, 0.6) is 0 Å². The Bertz CT molecular complexity index is 339. The second-order valence-electron chi connectivity index (χ2n) is 6.90. The number of unbranched alkanes of at least 4 members (excludes halogenated alkanes) is 6. The number of rotatable bonds is 11. The summed E-state index contributed by atoms with van der Waals surface area (Å²) in [5.41, 5.74) is -1.03. The van der Waals surface area contributed by atoms with Crippen molar-refractivity contribution < 1.29 is 5.11 Å². The highest BCUT2D eigenvalue weighted by Crippen LogP contribution is 2.35. The Hall–Kier alpha value is -0.740. The van der Waals surface area contributed by atoms with Crippen LogP contribution in [0.4, 0.5) is 0 Å². The molecule has 0 aromatic carbocycles. The van der Waals surface area contributed by atoms with Crippen LogP contribution in [0, 0.1) is 17.3 Å². The quantitative estimate of drug-likeness (QED) is 0.287. The van der Waals surface area contributed by atoms with Crippen LogP contribution >= 0.6 is 0 Å². The Morgan fingerprint density at radius 2 is 1.48 bits per heavy atom. The van der Waals surface area contributed by atoms with Crippen LogP contribution in [0.1, 0.15) is 92.4 Å². The van der Waals surface area contributed by atoms with E-state index in [0.717, 1.165) is 12.8 Å². The van der Waals surface area contributed by atoms with Gasteiger partial charge in [-0.15, -0.1) is 5.92 Å². The van der Waals surface area contributed by atoms with Crippen LogP contribution in [0.3, 0.4) is 0 Å². The highest BCUT2D eigenvalue weighted by Gasteiger charge is 2.37. The van der Waals surface area contributed by atoms with E-state index < -0.39 is 5.60 Å². The van der Waals surface area contributed by atoms with E-state index in [-0.39, 0.29) is 5.41 Å². The van der Waals surface area contributed by atoms with Crippen molar-refractivity contribution in [2.45, 2.75) is 98.0 Å². The SMILES string of the molecule is CC#CC(C)(O)C(C)(C)CCCCCC=CCCCCC. The van der Waals surface area contributed by atoms with Gasteiger partial charge in [0.05, 0.1) is 0 Å². The fraction of sp³-hybridized carbons (Fsp3) is 0.800. The van der Waals surface area contributed by atoms with E-state index in [1.807, 2.05) is 6.92 Å². The molecule has 21 heavy (non-hydrogen) atoms. The van der Waals surface area contributed by atoms with E-state index in [1.165, 1.54) is 44.9 Å². The largest absolute Gasteiger partial charge is 0.377 e. The fourth-order valence-electron chi connectivity index (χ4n) is 2.41. The van der Waals surface area contributed by atoms with Crippen LogP contribution < -0.4 is 0 Å². The normalized spacial score (nSPS) is 14.8. The maximum absolute atomic E-state index is 10.4. The predicted molar refractivity (Wildman–Crippen MR) is 94.2 cm³/mol. The van der Waals surface area contributed by atoms with Gasteiger partial charge in [-0.25, -0.2) is 0 Å². The Morgan fingerprint density at radius 3 is 2.00 bits per heavy atom. The summed E-state index contributed by atoms with van der Waals surface area (Å²) >= 11 is 0. The Kier molecular flexibility index (Phi) is 10.5. The minimum Gasteiger partial charge on any atom is -0.377 e. The summed E-state index contributed by atoms with van der Waals surface area (Å²) in [5, 5.41) is 10.4. The van der Waals surface area contributed by atoms with Gasteiger partial charge in [0, 0.05) is 5.41 Å². The molecule has 1 N–H and O–H groups in total. The van der Waals surface area contributed by atoms with Crippen LogP contribution in [-0.4, -0.2) is 10.7 Å². The molecule has 0 radical (unpaired) electrons. The van der Waals surface area contributed by atoms with Gasteiger partial charge in [-0.1, -0.05) is 64.5 Å². The summed E-state index contributed by atoms with van der Waals surface area (Å²) in [6.45, 7) is 10.1. The molecule has 0 aliphatic carbocycles. The first-order valence-corrected chi connectivity index (χ1v) is 8.68. The molecule has 0 bridgehead atoms. The van der Waals surface area contributed by atoms with Crippen molar-refractivity contribution in [3.63, 3.8) is 0 Å². The zero-order valence-corrected chi connectivity index (χ0v) is 15.0. The average Bonchev–Trinajstić information content (AvgIpc) is 2.40. The summed E-state index contributed by atoms with van der Waals surface area (Å²) in [4.78, 5) is 0. The molecule has 0 rings (SSSR count). The number of hydrogen-bond donors (Lipinski definition) is 1. The molecule has 1 unspecified atom stereocenters. The fourth-order valence-corrected chi connectivity index (χ4v) is 2.41. The van der Waals surface area contributed by atoms with Gasteiger partial charge in [-0.2, -0.15) is 0 Å². The van der Waals surface area contributed by atoms with E-state index in [4.69, 9.17) is 0 Å². The average molecular weight is 293 g/mol. The molecule has 0 fully saturated rings. The first-order chi connectivity index (χ1) is 9.87. The molecule has 0 heterocycles. The van der Waals surface area contributed by atoms with Gasteiger partial charge in [-0.3, -0.25) is 0 Å². The summed E-state index contributed by atoms with van der Waals surface area (Å²) in [6, 6.07) is 0. The van der Waals surface area contributed by atoms with Crippen LogP contribution in [0.2, 0.25) is 0 Å². The lowest BCUT2D eigenvalue weighted by Crippen LogP contribution is -2.40.